The fourth-order valence-corrected chi connectivity index (χ4v) is 2.57. The number of esters is 1. The lowest BCUT2D eigenvalue weighted by atomic mass is 10.1. The Kier molecular flexibility index (Phi) is 7.05. The molecule has 0 aliphatic heterocycles. The molecule has 2 N–H and O–H groups in total. The number of carbonyl (C=O) groups is 3. The Hall–Kier alpha value is -3.22. The molecule has 0 unspecified atom stereocenters. The number of methoxy groups -OCH3 is 1. The number of benzene rings is 2. The van der Waals surface area contributed by atoms with Gasteiger partial charge in [0.1, 0.15) is 5.82 Å². The van der Waals surface area contributed by atoms with Gasteiger partial charge in [-0.05, 0) is 42.3 Å². The second-order valence-electron chi connectivity index (χ2n) is 5.91. The number of anilines is 1. The minimum Gasteiger partial charge on any atom is -0.469 e. The molecule has 0 saturated carbocycles. The molecule has 0 saturated heterocycles. The van der Waals surface area contributed by atoms with Crippen LogP contribution >= 0.6 is 0 Å². The smallest absolute Gasteiger partial charge is 0.307 e. The number of hydrogen-bond donors (Lipinski definition) is 1. The SMILES string of the molecule is COC(=O)CCN(C(=O)CCc1ccc(C(N)=O)cc1)c1cccc(F)c1. The molecular weight excluding hydrogens is 351 g/mol. The van der Waals surface area contributed by atoms with Gasteiger partial charge < -0.3 is 15.4 Å². The lowest BCUT2D eigenvalue weighted by Crippen LogP contribution is -2.33. The summed E-state index contributed by atoms with van der Waals surface area (Å²) in [6.45, 7) is 0.0928. The van der Waals surface area contributed by atoms with Gasteiger partial charge in [-0.2, -0.15) is 0 Å². The maximum atomic E-state index is 13.5. The number of carbonyl (C=O) groups excluding carboxylic acids is 3. The van der Waals surface area contributed by atoms with Crippen LogP contribution in [0.3, 0.4) is 0 Å². The number of nitrogens with two attached hydrogens (primary N) is 1. The molecular formula is C20H21FN2O4. The zero-order chi connectivity index (χ0) is 19.8. The second kappa shape index (κ2) is 9.47. The minimum absolute atomic E-state index is 0.00601. The summed E-state index contributed by atoms with van der Waals surface area (Å²) in [5, 5.41) is 0. The first kappa shape index (κ1) is 20.1. The van der Waals surface area contributed by atoms with Gasteiger partial charge in [0.15, 0.2) is 0 Å². The summed E-state index contributed by atoms with van der Waals surface area (Å²) in [7, 11) is 1.27. The molecule has 0 bridgehead atoms. The first-order valence-corrected chi connectivity index (χ1v) is 8.42. The number of ether oxygens (including phenoxy) is 1. The van der Waals surface area contributed by atoms with Gasteiger partial charge in [0.2, 0.25) is 11.8 Å². The van der Waals surface area contributed by atoms with Crippen molar-refractivity contribution in [1.82, 2.24) is 0 Å². The molecule has 2 amide bonds. The van der Waals surface area contributed by atoms with Crippen molar-refractivity contribution in [1.29, 1.82) is 0 Å². The predicted octanol–water partition coefficient (Wildman–Crippen LogP) is 2.45. The van der Waals surface area contributed by atoms with Gasteiger partial charge in [0.25, 0.3) is 0 Å². The minimum atomic E-state index is -0.516. The number of amides is 2. The van der Waals surface area contributed by atoms with Crippen LogP contribution in [0.1, 0.15) is 28.8 Å². The fourth-order valence-electron chi connectivity index (χ4n) is 2.57. The predicted molar refractivity (Wildman–Crippen MR) is 98.7 cm³/mol. The Balaban J connectivity index is 2.08. The lowest BCUT2D eigenvalue weighted by molar-refractivity contribution is -0.140. The number of nitrogens with zero attached hydrogens (tertiary/aromatic N) is 1. The summed E-state index contributed by atoms with van der Waals surface area (Å²) in [4.78, 5) is 36.6. The molecule has 0 radical (unpaired) electrons. The van der Waals surface area contributed by atoms with Crippen LogP contribution in [0, 0.1) is 5.82 Å². The van der Waals surface area contributed by atoms with Crippen molar-refractivity contribution >= 4 is 23.5 Å². The zero-order valence-electron chi connectivity index (χ0n) is 15.0. The number of hydrogen-bond acceptors (Lipinski definition) is 4. The van der Waals surface area contributed by atoms with Crippen LogP contribution < -0.4 is 10.6 Å². The first-order valence-electron chi connectivity index (χ1n) is 8.42. The van der Waals surface area contributed by atoms with Crippen LogP contribution in [-0.4, -0.2) is 31.4 Å². The third-order valence-corrected chi connectivity index (χ3v) is 4.05. The van der Waals surface area contributed by atoms with E-state index in [1.807, 2.05) is 0 Å². The number of rotatable bonds is 8. The summed E-state index contributed by atoms with van der Waals surface area (Å²) < 4.78 is 18.2. The van der Waals surface area contributed by atoms with Crippen LogP contribution in [0.4, 0.5) is 10.1 Å². The van der Waals surface area contributed by atoms with E-state index in [1.165, 1.54) is 30.2 Å². The number of halogens is 1. The highest BCUT2D eigenvalue weighted by Crippen LogP contribution is 2.18. The normalized spacial score (nSPS) is 10.3. The van der Waals surface area contributed by atoms with Crippen LogP contribution in [0.2, 0.25) is 0 Å². The van der Waals surface area contributed by atoms with E-state index in [-0.39, 0.29) is 25.3 Å². The van der Waals surface area contributed by atoms with Gasteiger partial charge in [-0.3, -0.25) is 14.4 Å². The highest BCUT2D eigenvalue weighted by Gasteiger charge is 2.18. The molecule has 0 aliphatic carbocycles. The molecule has 6 nitrogen and oxygen atoms in total. The van der Waals surface area contributed by atoms with Crippen LogP contribution in [-0.2, 0) is 20.7 Å². The van der Waals surface area contributed by atoms with Gasteiger partial charge in [-0.25, -0.2) is 4.39 Å². The first-order chi connectivity index (χ1) is 12.9. The molecule has 0 aromatic heterocycles. The van der Waals surface area contributed by atoms with Gasteiger partial charge in [-0.1, -0.05) is 18.2 Å². The molecule has 0 heterocycles. The largest absolute Gasteiger partial charge is 0.469 e. The standard InChI is InChI=1S/C20H21FN2O4/c1-27-19(25)11-12-23(17-4-2-3-16(21)13-17)18(24)10-7-14-5-8-15(9-6-14)20(22)26/h2-6,8-9,13H,7,10-12H2,1H3,(H2,22,26). The Morgan fingerprint density at radius 1 is 1.07 bits per heavy atom. The molecule has 7 heteroatoms. The summed E-state index contributed by atoms with van der Waals surface area (Å²) in [6, 6.07) is 12.3. The fraction of sp³-hybridized carbons (Fsp3) is 0.250. The van der Waals surface area contributed by atoms with Crippen LogP contribution in [0.25, 0.3) is 0 Å². The number of primary amides is 1. The monoisotopic (exact) mass is 372 g/mol. The molecule has 2 aromatic carbocycles. The maximum Gasteiger partial charge on any atom is 0.307 e. The third-order valence-electron chi connectivity index (χ3n) is 4.05. The summed E-state index contributed by atoms with van der Waals surface area (Å²) in [5.41, 5.74) is 6.84. The Morgan fingerprint density at radius 2 is 1.78 bits per heavy atom. The van der Waals surface area contributed by atoms with E-state index >= 15 is 0 Å². The van der Waals surface area contributed by atoms with Gasteiger partial charge >= 0.3 is 5.97 Å². The van der Waals surface area contributed by atoms with Gasteiger partial charge in [0, 0.05) is 24.2 Å². The van der Waals surface area contributed by atoms with E-state index in [1.54, 1.807) is 30.3 Å². The summed E-state index contributed by atoms with van der Waals surface area (Å²) in [6.07, 6.45) is 0.599. The van der Waals surface area contributed by atoms with E-state index < -0.39 is 17.7 Å². The highest BCUT2D eigenvalue weighted by atomic mass is 19.1. The quantitative estimate of drug-likeness (QED) is 0.721. The molecule has 2 rings (SSSR count). The average Bonchev–Trinajstić information content (AvgIpc) is 2.66. The van der Waals surface area contributed by atoms with Crippen LogP contribution in [0.5, 0.6) is 0 Å². The van der Waals surface area contributed by atoms with Crippen molar-refractivity contribution in [2.24, 2.45) is 5.73 Å². The van der Waals surface area contributed by atoms with E-state index in [0.717, 1.165) is 5.56 Å². The van der Waals surface area contributed by atoms with Crippen molar-refractivity contribution in [2.75, 3.05) is 18.6 Å². The van der Waals surface area contributed by atoms with E-state index in [0.29, 0.717) is 17.7 Å². The van der Waals surface area contributed by atoms with Crippen molar-refractivity contribution in [3.05, 3.63) is 65.5 Å². The maximum absolute atomic E-state index is 13.5. The molecule has 2 aromatic rings. The van der Waals surface area contributed by atoms with Crippen LogP contribution in [0.15, 0.2) is 48.5 Å². The average molecular weight is 372 g/mol. The molecule has 142 valence electrons. The summed E-state index contributed by atoms with van der Waals surface area (Å²) in [5.74, 6) is -1.68. The Bertz CT molecular complexity index is 821. The summed E-state index contributed by atoms with van der Waals surface area (Å²) >= 11 is 0. The molecule has 0 spiro atoms. The Labute approximate surface area is 156 Å². The number of aryl methyl sites for hydroxylation is 1. The van der Waals surface area contributed by atoms with Crippen molar-refractivity contribution in [3.8, 4) is 0 Å². The topological polar surface area (TPSA) is 89.7 Å². The zero-order valence-corrected chi connectivity index (χ0v) is 15.0. The van der Waals surface area contributed by atoms with Gasteiger partial charge in [0.05, 0.1) is 13.5 Å². The highest BCUT2D eigenvalue weighted by molar-refractivity contribution is 5.94. The molecule has 0 fully saturated rings. The third kappa shape index (κ3) is 5.91. The van der Waals surface area contributed by atoms with Crippen molar-refractivity contribution in [2.45, 2.75) is 19.3 Å². The Morgan fingerprint density at radius 3 is 2.37 bits per heavy atom. The van der Waals surface area contributed by atoms with Crippen molar-refractivity contribution in [3.63, 3.8) is 0 Å². The molecule has 0 atom stereocenters. The van der Waals surface area contributed by atoms with E-state index in [4.69, 9.17) is 5.73 Å². The van der Waals surface area contributed by atoms with E-state index in [2.05, 4.69) is 4.74 Å². The van der Waals surface area contributed by atoms with E-state index in [9.17, 15) is 18.8 Å². The van der Waals surface area contributed by atoms with Crippen molar-refractivity contribution < 1.29 is 23.5 Å². The molecule has 27 heavy (non-hydrogen) atoms. The van der Waals surface area contributed by atoms with Gasteiger partial charge in [-0.15, -0.1) is 0 Å². The second-order valence-corrected chi connectivity index (χ2v) is 5.91. The lowest BCUT2D eigenvalue weighted by Gasteiger charge is -2.22. The molecule has 0 aliphatic rings.